The van der Waals surface area contributed by atoms with Crippen LogP contribution in [0.25, 0.3) is 0 Å². The average Bonchev–Trinajstić information content (AvgIpc) is 3.20. The topological polar surface area (TPSA) is 79.3 Å². The Balaban J connectivity index is 1.53. The number of carbonyl (C=O) groups excluding carboxylic acids is 2. The first-order valence-corrected chi connectivity index (χ1v) is 7.60. The second-order valence-corrected chi connectivity index (χ2v) is 5.38. The molecule has 2 N–H and O–H groups in total. The van der Waals surface area contributed by atoms with E-state index in [0.717, 1.165) is 5.56 Å². The number of carbonyl (C=O) groups is 2. The molecule has 2 aromatic rings. The SMILES string of the molecule is O=C(NCCN1CCNC1=O)c1cccc(Cn2cccn2)c1. The second-order valence-electron chi connectivity index (χ2n) is 5.38. The fourth-order valence-electron chi connectivity index (χ4n) is 2.52. The Morgan fingerprint density at radius 2 is 2.26 bits per heavy atom. The molecule has 0 radical (unpaired) electrons. The quantitative estimate of drug-likeness (QED) is 0.823. The molecule has 0 aliphatic carbocycles. The van der Waals surface area contributed by atoms with E-state index in [1.807, 2.05) is 35.1 Å². The van der Waals surface area contributed by atoms with Gasteiger partial charge in [0.05, 0.1) is 6.54 Å². The van der Waals surface area contributed by atoms with Crippen molar-refractivity contribution < 1.29 is 9.59 Å². The van der Waals surface area contributed by atoms with Gasteiger partial charge in [0.25, 0.3) is 5.91 Å². The van der Waals surface area contributed by atoms with Crippen LogP contribution < -0.4 is 10.6 Å². The van der Waals surface area contributed by atoms with Crippen LogP contribution in [-0.4, -0.2) is 52.8 Å². The number of rotatable bonds is 6. The smallest absolute Gasteiger partial charge is 0.317 e. The molecule has 1 aromatic heterocycles. The van der Waals surface area contributed by atoms with Gasteiger partial charge < -0.3 is 15.5 Å². The Morgan fingerprint density at radius 3 is 3.00 bits per heavy atom. The average molecular weight is 313 g/mol. The Labute approximate surface area is 134 Å². The number of hydrogen-bond acceptors (Lipinski definition) is 3. The van der Waals surface area contributed by atoms with Gasteiger partial charge in [-0.3, -0.25) is 9.48 Å². The lowest BCUT2D eigenvalue weighted by molar-refractivity contribution is 0.0950. The van der Waals surface area contributed by atoms with Gasteiger partial charge in [0.2, 0.25) is 0 Å². The normalized spacial score (nSPS) is 13.9. The number of aromatic nitrogens is 2. The second kappa shape index (κ2) is 6.95. The zero-order chi connectivity index (χ0) is 16.1. The van der Waals surface area contributed by atoms with Crippen LogP contribution in [0.15, 0.2) is 42.7 Å². The highest BCUT2D eigenvalue weighted by Crippen LogP contribution is 2.07. The third kappa shape index (κ3) is 3.88. The van der Waals surface area contributed by atoms with Crippen molar-refractivity contribution in [3.63, 3.8) is 0 Å². The summed E-state index contributed by atoms with van der Waals surface area (Å²) in [5, 5.41) is 9.74. The number of nitrogens with one attached hydrogen (secondary N) is 2. The largest absolute Gasteiger partial charge is 0.350 e. The molecule has 7 nitrogen and oxygen atoms in total. The highest BCUT2D eigenvalue weighted by molar-refractivity contribution is 5.94. The van der Waals surface area contributed by atoms with E-state index in [0.29, 0.717) is 38.3 Å². The predicted octanol–water partition coefficient (Wildman–Crippen LogP) is 0.686. The van der Waals surface area contributed by atoms with Crippen LogP contribution in [0.2, 0.25) is 0 Å². The van der Waals surface area contributed by atoms with Gasteiger partial charge in [0.1, 0.15) is 0 Å². The Hall–Kier alpha value is -2.83. The molecule has 1 fully saturated rings. The third-order valence-electron chi connectivity index (χ3n) is 3.71. The summed E-state index contributed by atoms with van der Waals surface area (Å²) in [6.07, 6.45) is 3.61. The summed E-state index contributed by atoms with van der Waals surface area (Å²) in [5.74, 6) is -0.132. The molecule has 0 unspecified atom stereocenters. The molecule has 1 aliphatic rings. The van der Waals surface area contributed by atoms with Crippen LogP contribution >= 0.6 is 0 Å². The summed E-state index contributed by atoms with van der Waals surface area (Å²) in [7, 11) is 0. The van der Waals surface area contributed by atoms with Crippen LogP contribution in [0, 0.1) is 0 Å². The Bertz CT molecular complexity index is 684. The molecule has 0 atom stereocenters. The number of nitrogens with zero attached hydrogens (tertiary/aromatic N) is 3. The summed E-state index contributed by atoms with van der Waals surface area (Å²) < 4.78 is 1.81. The molecule has 0 spiro atoms. The number of hydrogen-bond donors (Lipinski definition) is 2. The minimum absolute atomic E-state index is 0.0690. The summed E-state index contributed by atoms with van der Waals surface area (Å²) in [5.41, 5.74) is 1.63. The minimum Gasteiger partial charge on any atom is -0.350 e. The summed E-state index contributed by atoms with van der Waals surface area (Å²) in [6.45, 7) is 2.94. The Kier molecular flexibility index (Phi) is 4.56. The predicted molar refractivity (Wildman–Crippen MR) is 85.1 cm³/mol. The molecule has 2 heterocycles. The number of benzene rings is 1. The molecule has 3 amide bonds. The molecule has 120 valence electrons. The van der Waals surface area contributed by atoms with Gasteiger partial charge >= 0.3 is 6.03 Å². The lowest BCUT2D eigenvalue weighted by Crippen LogP contribution is -2.36. The summed E-state index contributed by atoms with van der Waals surface area (Å²) in [6, 6.07) is 9.27. The number of urea groups is 1. The maximum Gasteiger partial charge on any atom is 0.317 e. The van der Waals surface area contributed by atoms with Gasteiger partial charge in [-0.05, 0) is 23.8 Å². The van der Waals surface area contributed by atoms with E-state index >= 15 is 0 Å². The van der Waals surface area contributed by atoms with Crippen molar-refractivity contribution in [2.45, 2.75) is 6.54 Å². The van der Waals surface area contributed by atoms with Crippen molar-refractivity contribution in [2.75, 3.05) is 26.2 Å². The van der Waals surface area contributed by atoms with Crippen molar-refractivity contribution in [3.05, 3.63) is 53.9 Å². The molecule has 7 heteroatoms. The van der Waals surface area contributed by atoms with Crippen molar-refractivity contribution in [1.29, 1.82) is 0 Å². The van der Waals surface area contributed by atoms with Crippen molar-refractivity contribution >= 4 is 11.9 Å². The fraction of sp³-hybridized carbons (Fsp3) is 0.312. The standard InChI is InChI=1S/C16H19N5O2/c22-15(17-6-9-20-10-7-18-16(20)23)14-4-1-3-13(11-14)12-21-8-2-5-19-21/h1-5,8,11H,6-7,9-10,12H2,(H,17,22)(H,18,23). The zero-order valence-corrected chi connectivity index (χ0v) is 12.7. The van der Waals surface area contributed by atoms with E-state index in [1.54, 1.807) is 17.2 Å². The lowest BCUT2D eigenvalue weighted by Gasteiger charge is -2.14. The molecule has 0 saturated carbocycles. The third-order valence-corrected chi connectivity index (χ3v) is 3.71. The fourth-order valence-corrected chi connectivity index (χ4v) is 2.52. The minimum atomic E-state index is -0.132. The van der Waals surface area contributed by atoms with Gasteiger partial charge in [0, 0.05) is 44.1 Å². The molecule has 3 rings (SSSR count). The van der Waals surface area contributed by atoms with Gasteiger partial charge in [-0.15, -0.1) is 0 Å². The van der Waals surface area contributed by atoms with Crippen LogP contribution in [0.5, 0.6) is 0 Å². The molecule has 1 aliphatic heterocycles. The van der Waals surface area contributed by atoms with E-state index in [-0.39, 0.29) is 11.9 Å². The monoisotopic (exact) mass is 313 g/mol. The molecule has 23 heavy (non-hydrogen) atoms. The highest BCUT2D eigenvalue weighted by atomic mass is 16.2. The van der Waals surface area contributed by atoms with Gasteiger partial charge in [-0.2, -0.15) is 5.10 Å². The van der Waals surface area contributed by atoms with E-state index < -0.39 is 0 Å². The van der Waals surface area contributed by atoms with Crippen LogP contribution in [0.3, 0.4) is 0 Å². The van der Waals surface area contributed by atoms with Crippen LogP contribution in [0.1, 0.15) is 15.9 Å². The molecular weight excluding hydrogens is 294 g/mol. The molecule has 0 bridgehead atoms. The van der Waals surface area contributed by atoms with Crippen LogP contribution in [-0.2, 0) is 6.54 Å². The Morgan fingerprint density at radius 1 is 1.35 bits per heavy atom. The zero-order valence-electron chi connectivity index (χ0n) is 12.7. The highest BCUT2D eigenvalue weighted by Gasteiger charge is 2.18. The van der Waals surface area contributed by atoms with Crippen molar-refractivity contribution in [1.82, 2.24) is 25.3 Å². The lowest BCUT2D eigenvalue weighted by atomic mass is 10.1. The molecule has 1 aromatic carbocycles. The van der Waals surface area contributed by atoms with E-state index in [4.69, 9.17) is 0 Å². The molecular formula is C16H19N5O2. The van der Waals surface area contributed by atoms with Gasteiger partial charge in [-0.1, -0.05) is 12.1 Å². The van der Waals surface area contributed by atoms with E-state index in [1.165, 1.54) is 0 Å². The van der Waals surface area contributed by atoms with Crippen LogP contribution in [0.4, 0.5) is 4.79 Å². The first kappa shape index (κ1) is 15.1. The van der Waals surface area contributed by atoms with Gasteiger partial charge in [-0.25, -0.2) is 4.79 Å². The maximum absolute atomic E-state index is 12.2. The van der Waals surface area contributed by atoms with Crippen molar-refractivity contribution in [2.24, 2.45) is 0 Å². The van der Waals surface area contributed by atoms with E-state index in [9.17, 15) is 9.59 Å². The maximum atomic E-state index is 12.2. The first-order valence-electron chi connectivity index (χ1n) is 7.60. The number of amides is 3. The molecule has 1 saturated heterocycles. The van der Waals surface area contributed by atoms with Gasteiger partial charge in [0.15, 0.2) is 0 Å². The van der Waals surface area contributed by atoms with E-state index in [2.05, 4.69) is 15.7 Å². The summed E-state index contributed by atoms with van der Waals surface area (Å²) in [4.78, 5) is 25.3. The summed E-state index contributed by atoms with van der Waals surface area (Å²) >= 11 is 0. The van der Waals surface area contributed by atoms with Crippen molar-refractivity contribution in [3.8, 4) is 0 Å². The first-order chi connectivity index (χ1) is 11.2.